The molecule has 0 aliphatic rings. The van der Waals surface area contributed by atoms with Crippen LogP contribution >= 0.6 is 11.8 Å². The van der Waals surface area contributed by atoms with Crippen LogP contribution in [0.5, 0.6) is 0 Å². The maximum absolute atomic E-state index is 12.2. The Labute approximate surface area is 235 Å². The summed E-state index contributed by atoms with van der Waals surface area (Å²) < 4.78 is 11.0. The molecule has 0 fully saturated rings. The van der Waals surface area contributed by atoms with Crippen LogP contribution in [0.2, 0.25) is 0 Å². The fraction of sp³-hybridized carbons (Fsp3) is 0.938. The molecule has 0 aromatic rings. The van der Waals surface area contributed by atoms with Gasteiger partial charge in [-0.05, 0) is 25.2 Å². The van der Waals surface area contributed by atoms with Crippen LogP contribution in [0.3, 0.4) is 0 Å². The molecule has 0 aromatic heterocycles. The van der Waals surface area contributed by atoms with Gasteiger partial charge in [0.2, 0.25) is 0 Å². The summed E-state index contributed by atoms with van der Waals surface area (Å²) >= 11 is 1.64. The highest BCUT2D eigenvalue weighted by atomic mass is 32.2. The molecule has 1 unspecified atom stereocenters. The van der Waals surface area contributed by atoms with Gasteiger partial charge in [0.25, 0.3) is 0 Å². The van der Waals surface area contributed by atoms with Crippen LogP contribution in [0, 0.1) is 5.92 Å². The number of carbonyl (C=O) groups is 2. The van der Waals surface area contributed by atoms with Gasteiger partial charge in [-0.1, -0.05) is 130 Å². The van der Waals surface area contributed by atoms with Crippen molar-refractivity contribution in [2.75, 3.05) is 24.7 Å². The number of thioether (sulfide) groups is 1. The molecule has 0 heterocycles. The number of hydrogen-bond donors (Lipinski definition) is 0. The number of hydrogen-bond acceptors (Lipinski definition) is 5. The highest BCUT2D eigenvalue weighted by Gasteiger charge is 2.12. The second-order valence-corrected chi connectivity index (χ2v) is 12.0. The Bertz CT molecular complexity index is 497. The third-order valence-electron chi connectivity index (χ3n) is 7.07. The third kappa shape index (κ3) is 28.1. The first kappa shape index (κ1) is 36.3. The van der Waals surface area contributed by atoms with Gasteiger partial charge in [-0.3, -0.25) is 9.59 Å². The lowest BCUT2D eigenvalue weighted by molar-refractivity contribution is -0.145. The van der Waals surface area contributed by atoms with Crippen molar-refractivity contribution in [1.82, 2.24) is 0 Å². The number of ether oxygens (including phenoxy) is 2. The lowest BCUT2D eigenvalue weighted by Crippen LogP contribution is -2.15. The molecule has 0 radical (unpaired) electrons. The van der Waals surface area contributed by atoms with E-state index in [1.807, 2.05) is 0 Å². The Hall–Kier alpha value is -0.710. The van der Waals surface area contributed by atoms with Crippen molar-refractivity contribution in [1.29, 1.82) is 0 Å². The van der Waals surface area contributed by atoms with E-state index in [1.54, 1.807) is 11.8 Å². The van der Waals surface area contributed by atoms with Crippen molar-refractivity contribution in [2.24, 2.45) is 5.92 Å². The van der Waals surface area contributed by atoms with Crippen LogP contribution in [-0.2, 0) is 19.1 Å². The molecular formula is C32H62O4S. The Morgan fingerprint density at radius 2 is 0.946 bits per heavy atom. The van der Waals surface area contributed by atoms with E-state index in [4.69, 9.17) is 9.47 Å². The number of rotatable bonds is 29. The van der Waals surface area contributed by atoms with Gasteiger partial charge in [-0.25, -0.2) is 0 Å². The van der Waals surface area contributed by atoms with E-state index in [0.717, 1.165) is 12.8 Å². The van der Waals surface area contributed by atoms with Crippen LogP contribution in [0.4, 0.5) is 0 Å². The Morgan fingerprint density at radius 3 is 1.46 bits per heavy atom. The molecule has 0 aliphatic heterocycles. The Kier molecular flexibility index (Phi) is 29.3. The molecule has 0 amide bonds. The molecule has 1 atom stereocenters. The predicted molar refractivity (Wildman–Crippen MR) is 161 cm³/mol. The van der Waals surface area contributed by atoms with Crippen molar-refractivity contribution in [3.05, 3.63) is 0 Å². The first-order chi connectivity index (χ1) is 18.1. The lowest BCUT2D eigenvalue weighted by Gasteiger charge is -2.17. The summed E-state index contributed by atoms with van der Waals surface area (Å²) in [6, 6.07) is 0. The summed E-state index contributed by atoms with van der Waals surface area (Å²) in [5, 5.41) is 0. The van der Waals surface area contributed by atoms with Gasteiger partial charge in [0.15, 0.2) is 0 Å². The molecule has 37 heavy (non-hydrogen) atoms. The van der Waals surface area contributed by atoms with Gasteiger partial charge in [-0.2, -0.15) is 11.8 Å². The maximum atomic E-state index is 12.2. The van der Waals surface area contributed by atoms with Gasteiger partial charge >= 0.3 is 11.9 Å². The highest BCUT2D eigenvalue weighted by Crippen LogP contribution is 2.20. The second kappa shape index (κ2) is 29.8. The summed E-state index contributed by atoms with van der Waals surface area (Å²) in [4.78, 5) is 24.1. The summed E-state index contributed by atoms with van der Waals surface area (Å²) in [6.07, 6.45) is 26.1. The second-order valence-electron chi connectivity index (χ2n) is 10.8. The summed E-state index contributed by atoms with van der Waals surface area (Å²) in [5.74, 6) is 1.73. The van der Waals surface area contributed by atoms with Crippen LogP contribution in [0.15, 0.2) is 0 Å². The molecule has 0 saturated carbocycles. The summed E-state index contributed by atoms with van der Waals surface area (Å²) in [7, 11) is 0. The van der Waals surface area contributed by atoms with E-state index in [9.17, 15) is 9.59 Å². The monoisotopic (exact) mass is 542 g/mol. The van der Waals surface area contributed by atoms with Crippen molar-refractivity contribution < 1.29 is 19.1 Å². The minimum Gasteiger partial charge on any atom is -0.466 e. The van der Waals surface area contributed by atoms with Crippen LogP contribution < -0.4 is 0 Å². The van der Waals surface area contributed by atoms with E-state index in [1.165, 1.54) is 116 Å². The zero-order chi connectivity index (χ0) is 27.2. The zero-order valence-electron chi connectivity index (χ0n) is 25.0. The largest absolute Gasteiger partial charge is 0.466 e. The standard InChI is InChI=1S/C32H62O4S/c1-4-7-10-13-15-16-18-21-26-35-31(33)24-27-37-28-25-32(34)36-29-30(22-19-12-9-6-3)23-20-17-14-11-8-5-2/h30H,4-29H2,1-3H3. The minimum atomic E-state index is -0.112. The predicted octanol–water partition coefficient (Wildman–Crippen LogP) is 10.1. The fourth-order valence-corrected chi connectivity index (χ4v) is 5.40. The van der Waals surface area contributed by atoms with E-state index in [-0.39, 0.29) is 11.9 Å². The van der Waals surface area contributed by atoms with Crippen LogP contribution in [0.1, 0.15) is 162 Å². The molecule has 0 spiro atoms. The zero-order valence-corrected chi connectivity index (χ0v) is 25.8. The molecular weight excluding hydrogens is 480 g/mol. The minimum absolute atomic E-state index is 0.0914. The van der Waals surface area contributed by atoms with E-state index < -0.39 is 0 Å². The molecule has 220 valence electrons. The van der Waals surface area contributed by atoms with Crippen molar-refractivity contribution >= 4 is 23.7 Å². The summed E-state index contributed by atoms with van der Waals surface area (Å²) in [6.45, 7) is 7.87. The van der Waals surface area contributed by atoms with Crippen LogP contribution in [0.25, 0.3) is 0 Å². The first-order valence-electron chi connectivity index (χ1n) is 16.0. The number of carbonyl (C=O) groups excluding carboxylic acids is 2. The van der Waals surface area contributed by atoms with E-state index in [0.29, 0.717) is 43.5 Å². The smallest absolute Gasteiger partial charge is 0.306 e. The quantitative estimate of drug-likeness (QED) is 0.0695. The highest BCUT2D eigenvalue weighted by molar-refractivity contribution is 7.99. The Morgan fingerprint density at radius 1 is 0.541 bits per heavy atom. The number of unbranched alkanes of at least 4 members (excludes halogenated alkanes) is 15. The topological polar surface area (TPSA) is 52.6 Å². The van der Waals surface area contributed by atoms with E-state index in [2.05, 4.69) is 20.8 Å². The molecule has 0 rings (SSSR count). The van der Waals surface area contributed by atoms with Gasteiger partial charge in [0.1, 0.15) is 0 Å². The van der Waals surface area contributed by atoms with Crippen LogP contribution in [-0.4, -0.2) is 36.7 Å². The molecule has 4 nitrogen and oxygen atoms in total. The fourth-order valence-electron chi connectivity index (χ4n) is 4.57. The molecule has 0 saturated heterocycles. The van der Waals surface area contributed by atoms with Crippen molar-refractivity contribution in [3.63, 3.8) is 0 Å². The van der Waals surface area contributed by atoms with Crippen molar-refractivity contribution in [2.45, 2.75) is 162 Å². The van der Waals surface area contributed by atoms with Gasteiger partial charge in [-0.15, -0.1) is 0 Å². The van der Waals surface area contributed by atoms with Crippen molar-refractivity contribution in [3.8, 4) is 0 Å². The lowest BCUT2D eigenvalue weighted by atomic mass is 9.95. The maximum Gasteiger partial charge on any atom is 0.306 e. The third-order valence-corrected chi connectivity index (χ3v) is 8.06. The SMILES string of the molecule is CCCCCCCCCCOC(=O)CCSCCC(=O)OCC(CCCCCC)CCCCCCCC. The van der Waals surface area contributed by atoms with Gasteiger partial charge < -0.3 is 9.47 Å². The normalized spacial score (nSPS) is 12.0. The molecule has 0 aliphatic carbocycles. The average molecular weight is 543 g/mol. The first-order valence-corrected chi connectivity index (χ1v) is 17.2. The molecule has 0 bridgehead atoms. The number of esters is 2. The van der Waals surface area contributed by atoms with E-state index >= 15 is 0 Å². The Balaban J connectivity index is 3.79. The van der Waals surface area contributed by atoms with Gasteiger partial charge in [0, 0.05) is 11.5 Å². The molecule has 0 aromatic carbocycles. The average Bonchev–Trinajstić information content (AvgIpc) is 2.90. The molecule has 0 N–H and O–H groups in total. The molecule has 5 heteroatoms. The van der Waals surface area contributed by atoms with Gasteiger partial charge in [0.05, 0.1) is 26.1 Å². The summed E-state index contributed by atoms with van der Waals surface area (Å²) in [5.41, 5.74) is 0.